The standard InChI is InChI=1S/C13H14Cl2N2O2/c1-2-4-9-13(19)17(7-11(18)16-9)10-6-3-5-8(14)12(10)15/h3,5-6,9H,2,4,7H2,1H3,(H,16,18). The zero-order valence-corrected chi connectivity index (χ0v) is 12.0. The number of nitrogens with zero attached hydrogens (tertiary/aromatic N) is 1. The highest BCUT2D eigenvalue weighted by Gasteiger charge is 2.33. The third kappa shape index (κ3) is 2.85. The lowest BCUT2D eigenvalue weighted by Crippen LogP contribution is -2.58. The first-order valence-electron chi connectivity index (χ1n) is 6.09. The fraction of sp³-hybridized carbons (Fsp3) is 0.385. The van der Waals surface area contributed by atoms with Crippen molar-refractivity contribution < 1.29 is 9.59 Å². The van der Waals surface area contributed by atoms with Crippen molar-refractivity contribution in [2.45, 2.75) is 25.8 Å². The Hall–Kier alpha value is -1.26. The molecule has 0 radical (unpaired) electrons. The molecule has 0 bridgehead atoms. The number of anilines is 1. The molecule has 1 aromatic carbocycles. The topological polar surface area (TPSA) is 49.4 Å². The van der Waals surface area contributed by atoms with Crippen LogP contribution in [-0.2, 0) is 9.59 Å². The van der Waals surface area contributed by atoms with E-state index in [0.29, 0.717) is 22.2 Å². The lowest BCUT2D eigenvalue weighted by Gasteiger charge is -2.33. The van der Waals surface area contributed by atoms with Crippen molar-refractivity contribution in [1.82, 2.24) is 5.32 Å². The number of benzene rings is 1. The van der Waals surface area contributed by atoms with E-state index < -0.39 is 6.04 Å². The maximum atomic E-state index is 12.3. The zero-order valence-electron chi connectivity index (χ0n) is 10.5. The smallest absolute Gasteiger partial charge is 0.250 e. The van der Waals surface area contributed by atoms with E-state index in [9.17, 15) is 9.59 Å². The third-order valence-corrected chi connectivity index (χ3v) is 3.81. The first-order valence-corrected chi connectivity index (χ1v) is 6.85. The Kier molecular flexibility index (Phi) is 4.32. The quantitative estimate of drug-likeness (QED) is 0.933. The molecular formula is C13H14Cl2N2O2. The van der Waals surface area contributed by atoms with Crippen LogP contribution >= 0.6 is 23.2 Å². The Morgan fingerprint density at radius 1 is 1.37 bits per heavy atom. The van der Waals surface area contributed by atoms with Gasteiger partial charge in [0, 0.05) is 0 Å². The van der Waals surface area contributed by atoms with E-state index in [4.69, 9.17) is 23.2 Å². The lowest BCUT2D eigenvalue weighted by atomic mass is 10.1. The van der Waals surface area contributed by atoms with Gasteiger partial charge in [0.25, 0.3) is 0 Å². The van der Waals surface area contributed by atoms with E-state index in [1.807, 2.05) is 6.92 Å². The average Bonchev–Trinajstić information content (AvgIpc) is 2.37. The van der Waals surface area contributed by atoms with Crippen LogP contribution in [0.2, 0.25) is 10.0 Å². The Morgan fingerprint density at radius 3 is 2.79 bits per heavy atom. The molecule has 2 amide bonds. The fourth-order valence-electron chi connectivity index (χ4n) is 2.10. The van der Waals surface area contributed by atoms with Gasteiger partial charge in [0.05, 0.1) is 15.7 Å². The predicted molar refractivity (Wildman–Crippen MR) is 75.7 cm³/mol. The van der Waals surface area contributed by atoms with E-state index >= 15 is 0 Å². The number of amides is 2. The molecule has 102 valence electrons. The number of hydrogen-bond donors (Lipinski definition) is 1. The summed E-state index contributed by atoms with van der Waals surface area (Å²) < 4.78 is 0. The molecule has 1 aliphatic heterocycles. The predicted octanol–water partition coefficient (Wildman–Crippen LogP) is 2.62. The minimum atomic E-state index is -0.485. The van der Waals surface area contributed by atoms with Crippen molar-refractivity contribution in [3.63, 3.8) is 0 Å². The minimum Gasteiger partial charge on any atom is -0.343 e. The number of rotatable bonds is 3. The second kappa shape index (κ2) is 5.80. The van der Waals surface area contributed by atoms with Crippen LogP contribution in [0.25, 0.3) is 0 Å². The Balaban J connectivity index is 2.34. The number of hydrogen-bond acceptors (Lipinski definition) is 2. The monoisotopic (exact) mass is 300 g/mol. The Labute approximate surface area is 121 Å². The Bertz CT molecular complexity index is 519. The fourth-order valence-corrected chi connectivity index (χ4v) is 2.50. The molecule has 0 aliphatic carbocycles. The highest BCUT2D eigenvalue weighted by Crippen LogP contribution is 2.33. The summed E-state index contributed by atoms with van der Waals surface area (Å²) in [6.07, 6.45) is 1.42. The van der Waals surface area contributed by atoms with Gasteiger partial charge in [-0.15, -0.1) is 0 Å². The molecular weight excluding hydrogens is 287 g/mol. The third-order valence-electron chi connectivity index (χ3n) is 3.00. The molecule has 1 unspecified atom stereocenters. The van der Waals surface area contributed by atoms with Gasteiger partial charge in [0.1, 0.15) is 12.6 Å². The molecule has 6 heteroatoms. The first kappa shape index (κ1) is 14.2. The number of halogens is 2. The minimum absolute atomic E-state index is 0.0287. The van der Waals surface area contributed by atoms with E-state index in [2.05, 4.69) is 5.32 Å². The van der Waals surface area contributed by atoms with Gasteiger partial charge in [-0.3, -0.25) is 14.5 Å². The van der Waals surface area contributed by atoms with Crippen molar-refractivity contribution in [2.75, 3.05) is 11.4 Å². The molecule has 1 aliphatic rings. The molecule has 1 heterocycles. The molecule has 1 N–H and O–H groups in total. The maximum Gasteiger partial charge on any atom is 0.250 e. The van der Waals surface area contributed by atoms with Crippen LogP contribution in [0.4, 0.5) is 5.69 Å². The molecule has 1 saturated heterocycles. The van der Waals surface area contributed by atoms with Gasteiger partial charge >= 0.3 is 0 Å². The highest BCUT2D eigenvalue weighted by molar-refractivity contribution is 6.44. The van der Waals surface area contributed by atoms with Crippen molar-refractivity contribution in [2.24, 2.45) is 0 Å². The van der Waals surface area contributed by atoms with Crippen molar-refractivity contribution in [1.29, 1.82) is 0 Å². The summed E-state index contributed by atoms with van der Waals surface area (Å²) in [7, 11) is 0. The van der Waals surface area contributed by atoms with E-state index in [1.54, 1.807) is 18.2 Å². The second-order valence-electron chi connectivity index (χ2n) is 4.41. The van der Waals surface area contributed by atoms with Crippen LogP contribution in [0.1, 0.15) is 19.8 Å². The van der Waals surface area contributed by atoms with Gasteiger partial charge in [0.2, 0.25) is 11.8 Å². The molecule has 0 spiro atoms. The molecule has 4 nitrogen and oxygen atoms in total. The van der Waals surface area contributed by atoms with Gasteiger partial charge in [0.15, 0.2) is 0 Å². The highest BCUT2D eigenvalue weighted by atomic mass is 35.5. The van der Waals surface area contributed by atoms with Crippen LogP contribution in [0.15, 0.2) is 18.2 Å². The number of piperazine rings is 1. The lowest BCUT2D eigenvalue weighted by molar-refractivity contribution is -0.131. The van der Waals surface area contributed by atoms with Crippen LogP contribution < -0.4 is 10.2 Å². The number of carbonyl (C=O) groups is 2. The summed E-state index contributed by atoms with van der Waals surface area (Å²) in [5, 5.41) is 3.35. The van der Waals surface area contributed by atoms with Gasteiger partial charge in [-0.2, -0.15) is 0 Å². The summed E-state index contributed by atoms with van der Waals surface area (Å²) in [6, 6.07) is 4.55. The summed E-state index contributed by atoms with van der Waals surface area (Å²) in [5.74, 6) is -0.334. The van der Waals surface area contributed by atoms with E-state index in [0.717, 1.165) is 6.42 Å². The molecule has 19 heavy (non-hydrogen) atoms. The zero-order chi connectivity index (χ0) is 14.0. The van der Waals surface area contributed by atoms with Crippen LogP contribution in [0, 0.1) is 0 Å². The normalized spacial score (nSPS) is 19.5. The van der Waals surface area contributed by atoms with Gasteiger partial charge in [-0.05, 0) is 18.6 Å². The first-order chi connectivity index (χ1) is 9.04. The SMILES string of the molecule is CCCC1NC(=O)CN(c2cccc(Cl)c2Cl)C1=O. The number of carbonyl (C=O) groups excluding carboxylic acids is 2. The van der Waals surface area contributed by atoms with E-state index in [-0.39, 0.29) is 18.4 Å². The number of nitrogens with one attached hydrogen (secondary N) is 1. The maximum absolute atomic E-state index is 12.3. The van der Waals surface area contributed by atoms with Crippen LogP contribution in [0.3, 0.4) is 0 Å². The van der Waals surface area contributed by atoms with Crippen molar-refractivity contribution in [3.05, 3.63) is 28.2 Å². The largest absolute Gasteiger partial charge is 0.343 e. The summed E-state index contributed by atoms with van der Waals surface area (Å²) in [6.45, 7) is 1.93. The molecule has 2 rings (SSSR count). The summed E-state index contributed by atoms with van der Waals surface area (Å²) >= 11 is 12.1. The van der Waals surface area contributed by atoms with Crippen LogP contribution in [-0.4, -0.2) is 24.4 Å². The van der Waals surface area contributed by atoms with Gasteiger partial charge in [-0.25, -0.2) is 0 Å². The van der Waals surface area contributed by atoms with Crippen molar-refractivity contribution >= 4 is 40.7 Å². The molecule has 0 aromatic heterocycles. The van der Waals surface area contributed by atoms with E-state index in [1.165, 1.54) is 4.90 Å². The molecule has 1 aromatic rings. The van der Waals surface area contributed by atoms with Gasteiger partial charge < -0.3 is 5.32 Å². The average molecular weight is 301 g/mol. The summed E-state index contributed by atoms with van der Waals surface area (Å²) in [4.78, 5) is 25.4. The van der Waals surface area contributed by atoms with Crippen molar-refractivity contribution in [3.8, 4) is 0 Å². The second-order valence-corrected chi connectivity index (χ2v) is 5.19. The Morgan fingerprint density at radius 2 is 2.11 bits per heavy atom. The molecule has 1 fully saturated rings. The summed E-state index contributed by atoms with van der Waals surface area (Å²) in [5.41, 5.74) is 0.482. The van der Waals surface area contributed by atoms with Gasteiger partial charge in [-0.1, -0.05) is 42.6 Å². The molecule has 0 saturated carbocycles. The molecule has 1 atom stereocenters. The van der Waals surface area contributed by atoms with Crippen LogP contribution in [0.5, 0.6) is 0 Å².